The normalized spacial score (nSPS) is 13.8. The highest BCUT2D eigenvalue weighted by Crippen LogP contribution is 2.47. The second-order valence-corrected chi connectivity index (χ2v) is 12.3. The Balaban J connectivity index is 1.36. The van der Waals surface area contributed by atoms with Gasteiger partial charge in [0.2, 0.25) is 0 Å². The summed E-state index contributed by atoms with van der Waals surface area (Å²) in [5.41, 5.74) is 4.28. The first-order chi connectivity index (χ1) is 28.1. The Labute approximate surface area is 301 Å². The van der Waals surface area contributed by atoms with E-state index in [2.05, 4.69) is 24.3 Å². The van der Waals surface area contributed by atoms with Gasteiger partial charge in [0.25, 0.3) is 0 Å². The van der Waals surface area contributed by atoms with Gasteiger partial charge in [0.15, 0.2) is 0 Å². The molecule has 9 aromatic carbocycles. The highest BCUT2D eigenvalue weighted by molar-refractivity contribution is 6.22. The Hall–Kier alpha value is -6.64. The van der Waals surface area contributed by atoms with Crippen LogP contribution >= 0.6 is 0 Å². The first-order valence-corrected chi connectivity index (χ1v) is 16.4. The molecule has 0 aliphatic rings. The maximum absolute atomic E-state index is 9.90. The number of anilines is 3. The van der Waals surface area contributed by atoms with E-state index >= 15 is 0 Å². The Morgan fingerprint density at radius 1 is 0.460 bits per heavy atom. The van der Waals surface area contributed by atoms with Gasteiger partial charge in [-0.15, -0.1) is 0 Å². The van der Waals surface area contributed by atoms with Crippen molar-refractivity contribution < 1.29 is 15.4 Å². The van der Waals surface area contributed by atoms with Crippen LogP contribution in [0.2, 0.25) is 0 Å². The lowest BCUT2D eigenvalue weighted by Gasteiger charge is -2.27. The molecule has 1 aromatic heterocycles. The molecular formula is C48H31NO. The van der Waals surface area contributed by atoms with E-state index < -0.39 is 12.1 Å². The summed E-state index contributed by atoms with van der Waals surface area (Å²) in [5, 5.41) is 4.76. The van der Waals surface area contributed by atoms with Gasteiger partial charge in [-0.05, 0) is 91.6 Å². The molecule has 0 spiro atoms. The summed E-state index contributed by atoms with van der Waals surface area (Å²) in [7, 11) is 0. The lowest BCUT2D eigenvalue weighted by Crippen LogP contribution is -2.10. The minimum atomic E-state index is -0.464. The van der Waals surface area contributed by atoms with Gasteiger partial charge >= 0.3 is 0 Å². The fraction of sp³-hybridized carbons (Fsp3) is 0. The van der Waals surface area contributed by atoms with Crippen LogP contribution < -0.4 is 4.90 Å². The van der Waals surface area contributed by atoms with Gasteiger partial charge in [-0.2, -0.15) is 0 Å². The lowest BCUT2D eigenvalue weighted by atomic mass is 9.95. The van der Waals surface area contributed by atoms with E-state index in [0.717, 1.165) is 32.7 Å². The smallest absolute Gasteiger partial charge is 0.143 e. The maximum atomic E-state index is 9.90. The van der Waals surface area contributed by atoms with E-state index in [1.165, 1.54) is 0 Å². The summed E-state index contributed by atoms with van der Waals surface area (Å²) < 4.78 is 79.7. The molecule has 0 aliphatic heterocycles. The molecule has 0 radical (unpaired) electrons. The van der Waals surface area contributed by atoms with Crippen LogP contribution in [-0.4, -0.2) is 0 Å². The summed E-state index contributed by atoms with van der Waals surface area (Å²) in [5.74, 6) is 0. The second-order valence-electron chi connectivity index (χ2n) is 12.3. The number of fused-ring (bicyclic) bond motifs is 8. The van der Waals surface area contributed by atoms with Crippen molar-refractivity contribution in [3.8, 4) is 22.3 Å². The summed E-state index contributed by atoms with van der Waals surface area (Å²) in [6.45, 7) is 0. The first kappa shape index (κ1) is 21.4. The molecule has 0 saturated carbocycles. The van der Waals surface area contributed by atoms with Crippen LogP contribution in [0.5, 0.6) is 0 Å². The van der Waals surface area contributed by atoms with E-state index in [-0.39, 0.29) is 80.2 Å². The molecule has 1 heterocycles. The molecular weight excluding hydrogens is 607 g/mol. The molecule has 2 nitrogen and oxygen atoms in total. The van der Waals surface area contributed by atoms with Gasteiger partial charge in [0.05, 0.1) is 22.0 Å². The zero-order chi connectivity index (χ0) is 40.0. The molecule has 10 rings (SSSR count). The van der Waals surface area contributed by atoms with Crippen molar-refractivity contribution in [2.75, 3.05) is 4.90 Å². The number of hydrogen-bond donors (Lipinski definition) is 0. The Kier molecular flexibility index (Phi) is 4.91. The van der Waals surface area contributed by atoms with Crippen LogP contribution in [0.4, 0.5) is 17.1 Å². The molecule has 0 fully saturated rings. The van der Waals surface area contributed by atoms with Crippen molar-refractivity contribution in [2.24, 2.45) is 0 Å². The minimum absolute atomic E-state index is 0.00853. The van der Waals surface area contributed by atoms with Crippen molar-refractivity contribution in [2.45, 2.75) is 0 Å². The molecule has 0 N–H and O–H groups in total. The SMILES string of the molecule is [2H]c1c([2H])c(N(c2ccc(-c3ccccc3)cc2)c2ccc3c(ccc4ccccc43)c2)c2c(oc3c4c([2H])c([2H])c([2H])c([2H])c4c(-c4ccccc4)c([2H])c32)c1[2H]. The van der Waals surface area contributed by atoms with Gasteiger partial charge in [-0.25, -0.2) is 0 Å². The average molecular weight is 646 g/mol. The topological polar surface area (TPSA) is 16.4 Å². The minimum Gasteiger partial charge on any atom is -0.455 e. The van der Waals surface area contributed by atoms with E-state index in [1.54, 1.807) is 24.3 Å². The molecule has 0 saturated heterocycles. The molecule has 0 atom stereocenters. The Morgan fingerprint density at radius 2 is 1.12 bits per heavy atom. The van der Waals surface area contributed by atoms with Crippen molar-refractivity contribution in [1.82, 2.24) is 0 Å². The van der Waals surface area contributed by atoms with Crippen molar-refractivity contribution >= 4 is 71.3 Å². The number of nitrogens with zero attached hydrogens (tertiary/aromatic N) is 1. The lowest BCUT2D eigenvalue weighted by molar-refractivity contribution is 0.672. The monoisotopic (exact) mass is 645 g/mol. The van der Waals surface area contributed by atoms with Crippen LogP contribution in [0, 0.1) is 0 Å². The quantitative estimate of drug-likeness (QED) is 0.173. The molecule has 0 aliphatic carbocycles. The van der Waals surface area contributed by atoms with E-state index in [4.69, 9.17) is 12.6 Å². The fourth-order valence-corrected chi connectivity index (χ4v) is 7.08. The molecule has 0 unspecified atom stereocenters. The van der Waals surface area contributed by atoms with Gasteiger partial charge in [0.1, 0.15) is 11.2 Å². The van der Waals surface area contributed by atoms with Crippen molar-refractivity contribution in [1.29, 1.82) is 0 Å². The molecule has 2 heteroatoms. The van der Waals surface area contributed by atoms with Crippen LogP contribution in [0.3, 0.4) is 0 Å². The third-order valence-electron chi connectivity index (χ3n) is 9.42. The van der Waals surface area contributed by atoms with Gasteiger partial charge < -0.3 is 9.32 Å². The number of furan rings is 1. The number of benzene rings is 9. The van der Waals surface area contributed by atoms with Crippen LogP contribution in [-0.2, 0) is 0 Å². The number of rotatable bonds is 5. The largest absolute Gasteiger partial charge is 0.455 e. The van der Waals surface area contributed by atoms with Gasteiger partial charge in [0, 0.05) is 22.1 Å². The molecule has 0 bridgehead atoms. The van der Waals surface area contributed by atoms with Crippen molar-refractivity contribution in [3.63, 3.8) is 0 Å². The predicted molar refractivity (Wildman–Crippen MR) is 212 cm³/mol. The summed E-state index contributed by atoms with van der Waals surface area (Å²) in [4.78, 5) is 1.87. The van der Waals surface area contributed by atoms with E-state index in [9.17, 15) is 2.74 Å². The summed E-state index contributed by atoms with van der Waals surface area (Å²) >= 11 is 0. The first-order valence-electron chi connectivity index (χ1n) is 20.4. The van der Waals surface area contributed by atoms with Gasteiger partial charge in [-0.1, -0.05) is 145 Å². The zero-order valence-corrected chi connectivity index (χ0v) is 26.6. The highest BCUT2D eigenvalue weighted by atomic mass is 16.3. The van der Waals surface area contributed by atoms with Crippen molar-refractivity contribution in [3.05, 3.63) is 188 Å². The van der Waals surface area contributed by atoms with Crippen LogP contribution in [0.25, 0.3) is 76.5 Å². The Bertz CT molecular complexity index is 3310. The Morgan fingerprint density at radius 3 is 1.94 bits per heavy atom. The maximum Gasteiger partial charge on any atom is 0.143 e. The number of hydrogen-bond acceptors (Lipinski definition) is 2. The van der Waals surface area contributed by atoms with Gasteiger partial charge in [-0.3, -0.25) is 0 Å². The second kappa shape index (κ2) is 11.5. The average Bonchev–Trinajstić information content (AvgIpc) is 3.66. The van der Waals surface area contributed by atoms with Crippen LogP contribution in [0.1, 0.15) is 11.0 Å². The summed E-state index contributed by atoms with van der Waals surface area (Å²) in [6.07, 6.45) is 0. The molecule has 50 heavy (non-hydrogen) atoms. The third kappa shape index (κ3) is 4.57. The van der Waals surface area contributed by atoms with E-state index in [1.807, 2.05) is 95.9 Å². The zero-order valence-electron chi connectivity index (χ0n) is 34.6. The van der Waals surface area contributed by atoms with Crippen LogP contribution in [0.15, 0.2) is 192 Å². The van der Waals surface area contributed by atoms with E-state index in [0.29, 0.717) is 16.9 Å². The molecule has 0 amide bonds. The summed E-state index contributed by atoms with van der Waals surface area (Å²) in [6, 6.07) is 42.5. The highest BCUT2D eigenvalue weighted by Gasteiger charge is 2.22. The third-order valence-corrected chi connectivity index (χ3v) is 9.42. The fourth-order valence-electron chi connectivity index (χ4n) is 7.08. The predicted octanol–water partition coefficient (Wildman–Crippen LogP) is 13.8. The molecule has 10 aromatic rings. The molecule has 234 valence electrons. The standard InChI is InChI=1S/C48H31NO/c1-3-12-32(13-4-1)33-24-26-37(27-25-33)49(38-28-29-40-36(30-38)23-22-35-16-7-8-17-39(35)40)45-20-11-21-46-47(45)44-31-43(34-14-5-2-6-15-34)41-18-9-10-19-42(41)48(44)50-46/h1-31H/i9D,10D,11D,18D,19D,20D,21D,31D.